The molecule has 0 aliphatic rings. The molecule has 0 atom stereocenters. The Balaban J connectivity index is 1.49. The lowest BCUT2D eigenvalue weighted by atomic mass is 10.1. The fraction of sp³-hybridized carbons (Fsp3) is 0.100. The largest absolute Gasteiger partial charge is 0.337 e. The molecule has 0 saturated heterocycles. The van der Waals surface area contributed by atoms with Gasteiger partial charge in [0, 0.05) is 35.2 Å². The first-order valence-electron chi connectivity index (χ1n) is 11.9. The van der Waals surface area contributed by atoms with Gasteiger partial charge in [-0.2, -0.15) is 0 Å². The van der Waals surface area contributed by atoms with Crippen LogP contribution >= 0.6 is 11.6 Å². The second kappa shape index (κ2) is 10.6. The summed E-state index contributed by atoms with van der Waals surface area (Å²) in [5.74, 6) is -0.107. The molecule has 5 nitrogen and oxygen atoms in total. The summed E-state index contributed by atoms with van der Waals surface area (Å²) in [4.78, 5) is 15.8. The number of rotatable bonds is 8. The third-order valence-corrected chi connectivity index (χ3v) is 8.31. The number of hydrogen-bond acceptors (Lipinski definition) is 3. The van der Waals surface area contributed by atoms with Gasteiger partial charge in [-0.15, -0.1) is 0 Å². The molecule has 0 aliphatic carbocycles. The lowest BCUT2D eigenvalue weighted by Gasteiger charge is -2.23. The molecule has 0 fully saturated rings. The van der Waals surface area contributed by atoms with Gasteiger partial charge in [0.25, 0.3) is 0 Å². The van der Waals surface area contributed by atoms with Crippen LogP contribution in [0.15, 0.2) is 125 Å². The molecule has 1 aromatic heterocycles. The van der Waals surface area contributed by atoms with Crippen molar-refractivity contribution in [2.75, 3.05) is 0 Å². The van der Waals surface area contributed by atoms with Crippen molar-refractivity contribution in [3.8, 4) is 0 Å². The SMILES string of the molecule is O=C(Cn1cc(S(=O)(=O)c2ccc(Cl)cc2)c2ccccc21)N(Cc1ccccc1)Cc1ccccc1. The highest BCUT2D eigenvalue weighted by atomic mass is 35.5. The van der Waals surface area contributed by atoms with Crippen LogP contribution in [0.25, 0.3) is 10.9 Å². The molecular formula is C30H25ClN2O3S. The van der Waals surface area contributed by atoms with Crippen LogP contribution in [-0.4, -0.2) is 23.8 Å². The minimum atomic E-state index is -3.82. The Kier molecular flexibility index (Phi) is 7.12. The molecule has 0 aliphatic heterocycles. The Hall–Kier alpha value is -3.87. The van der Waals surface area contributed by atoms with Gasteiger partial charge in [-0.3, -0.25) is 4.79 Å². The normalized spacial score (nSPS) is 11.5. The Morgan fingerprint density at radius 2 is 1.27 bits per heavy atom. The number of aromatic nitrogens is 1. The van der Waals surface area contributed by atoms with Gasteiger partial charge in [0.1, 0.15) is 6.54 Å². The average molecular weight is 529 g/mol. The predicted molar refractivity (Wildman–Crippen MR) is 146 cm³/mol. The van der Waals surface area contributed by atoms with Gasteiger partial charge in [0.15, 0.2) is 0 Å². The number of nitrogens with zero attached hydrogens (tertiary/aromatic N) is 2. The van der Waals surface area contributed by atoms with Crippen molar-refractivity contribution >= 4 is 38.2 Å². The van der Waals surface area contributed by atoms with E-state index in [1.54, 1.807) is 39.9 Å². The second-order valence-electron chi connectivity index (χ2n) is 8.82. The summed E-state index contributed by atoms with van der Waals surface area (Å²) in [5.41, 5.74) is 2.73. The predicted octanol–water partition coefficient (Wildman–Crippen LogP) is 6.36. The molecule has 186 valence electrons. The smallest absolute Gasteiger partial charge is 0.243 e. The highest BCUT2D eigenvalue weighted by molar-refractivity contribution is 7.91. The van der Waals surface area contributed by atoms with Crippen molar-refractivity contribution in [2.24, 2.45) is 0 Å². The van der Waals surface area contributed by atoms with E-state index in [2.05, 4.69) is 0 Å². The van der Waals surface area contributed by atoms with E-state index in [-0.39, 0.29) is 22.2 Å². The van der Waals surface area contributed by atoms with E-state index in [4.69, 9.17) is 11.6 Å². The summed E-state index contributed by atoms with van der Waals surface area (Å²) >= 11 is 5.97. The molecule has 5 rings (SSSR count). The lowest BCUT2D eigenvalue weighted by molar-refractivity contribution is -0.133. The number of amides is 1. The van der Waals surface area contributed by atoms with E-state index in [0.29, 0.717) is 29.0 Å². The van der Waals surface area contributed by atoms with Gasteiger partial charge in [0.05, 0.1) is 9.79 Å². The van der Waals surface area contributed by atoms with E-state index in [9.17, 15) is 13.2 Å². The van der Waals surface area contributed by atoms with E-state index < -0.39 is 9.84 Å². The third-order valence-electron chi connectivity index (χ3n) is 6.26. The monoisotopic (exact) mass is 528 g/mol. The first kappa shape index (κ1) is 24.8. The van der Waals surface area contributed by atoms with Crippen LogP contribution in [0, 0.1) is 0 Å². The van der Waals surface area contributed by atoms with E-state index in [1.165, 1.54) is 12.1 Å². The third kappa shape index (κ3) is 5.45. The maximum atomic E-state index is 13.7. The number of halogens is 1. The number of benzene rings is 4. The zero-order chi connectivity index (χ0) is 25.8. The molecule has 4 aromatic carbocycles. The molecule has 0 saturated carbocycles. The lowest BCUT2D eigenvalue weighted by Crippen LogP contribution is -2.32. The standard InChI is InChI=1S/C30H25ClN2O3S/c31-25-15-17-26(18-16-25)37(35,36)29-21-32(28-14-8-7-13-27(28)29)22-30(34)33(19-23-9-3-1-4-10-23)20-24-11-5-2-6-12-24/h1-18,21H,19-20,22H2. The number of para-hydroxylation sites is 1. The van der Waals surface area contributed by atoms with Gasteiger partial charge in [-0.1, -0.05) is 90.5 Å². The number of carbonyl (C=O) groups excluding carboxylic acids is 1. The summed E-state index contributed by atoms with van der Waals surface area (Å²) in [6, 6.07) is 33.0. The summed E-state index contributed by atoms with van der Waals surface area (Å²) in [6.45, 7) is 0.906. The van der Waals surface area contributed by atoms with Crippen molar-refractivity contribution in [3.63, 3.8) is 0 Å². The first-order chi connectivity index (χ1) is 17.9. The molecule has 0 N–H and O–H groups in total. The quantitative estimate of drug-likeness (QED) is 0.235. The molecule has 37 heavy (non-hydrogen) atoms. The molecule has 1 heterocycles. The van der Waals surface area contributed by atoms with Crippen LogP contribution in [0.1, 0.15) is 11.1 Å². The minimum absolute atomic E-state index is 0.0102. The summed E-state index contributed by atoms with van der Waals surface area (Å²) in [7, 11) is -3.82. The van der Waals surface area contributed by atoms with Crippen LogP contribution in [-0.2, 0) is 34.3 Å². The van der Waals surface area contributed by atoms with Crippen LogP contribution in [0.2, 0.25) is 5.02 Å². The molecule has 0 bridgehead atoms. The zero-order valence-corrected chi connectivity index (χ0v) is 21.6. The van der Waals surface area contributed by atoms with Gasteiger partial charge in [0.2, 0.25) is 15.7 Å². The molecular weight excluding hydrogens is 504 g/mol. The zero-order valence-electron chi connectivity index (χ0n) is 20.0. The van der Waals surface area contributed by atoms with Crippen molar-refractivity contribution < 1.29 is 13.2 Å². The highest BCUT2D eigenvalue weighted by Gasteiger charge is 2.25. The fourth-order valence-electron chi connectivity index (χ4n) is 4.38. The Bertz CT molecular complexity index is 1590. The van der Waals surface area contributed by atoms with Crippen molar-refractivity contribution in [1.82, 2.24) is 9.47 Å². The van der Waals surface area contributed by atoms with Gasteiger partial charge < -0.3 is 9.47 Å². The van der Waals surface area contributed by atoms with Gasteiger partial charge in [-0.25, -0.2) is 8.42 Å². The number of hydrogen-bond donors (Lipinski definition) is 0. The fourth-order valence-corrected chi connectivity index (χ4v) is 5.99. The molecule has 7 heteroatoms. The Morgan fingerprint density at radius 1 is 0.730 bits per heavy atom. The maximum absolute atomic E-state index is 13.7. The summed E-state index contributed by atoms with van der Waals surface area (Å²) in [6.07, 6.45) is 1.57. The summed E-state index contributed by atoms with van der Waals surface area (Å²) in [5, 5.41) is 1.03. The van der Waals surface area contributed by atoms with Crippen LogP contribution < -0.4 is 0 Å². The highest BCUT2D eigenvalue weighted by Crippen LogP contribution is 2.31. The van der Waals surface area contributed by atoms with Gasteiger partial charge in [-0.05, 0) is 41.5 Å². The number of carbonyl (C=O) groups is 1. The topological polar surface area (TPSA) is 59.4 Å². The van der Waals surface area contributed by atoms with Crippen molar-refractivity contribution in [2.45, 2.75) is 29.4 Å². The van der Waals surface area contributed by atoms with E-state index in [1.807, 2.05) is 72.8 Å². The number of sulfone groups is 1. The van der Waals surface area contributed by atoms with Gasteiger partial charge >= 0.3 is 0 Å². The maximum Gasteiger partial charge on any atom is 0.243 e. The van der Waals surface area contributed by atoms with Crippen molar-refractivity contribution in [1.29, 1.82) is 0 Å². The Morgan fingerprint density at radius 3 is 1.86 bits per heavy atom. The second-order valence-corrected chi connectivity index (χ2v) is 11.2. The molecule has 0 unspecified atom stereocenters. The Labute approximate surface area is 221 Å². The average Bonchev–Trinajstić information content (AvgIpc) is 3.29. The first-order valence-corrected chi connectivity index (χ1v) is 13.7. The molecule has 1 amide bonds. The van der Waals surface area contributed by atoms with Crippen LogP contribution in [0.5, 0.6) is 0 Å². The van der Waals surface area contributed by atoms with Crippen molar-refractivity contribution in [3.05, 3.63) is 132 Å². The molecule has 0 radical (unpaired) electrons. The van der Waals surface area contributed by atoms with E-state index >= 15 is 0 Å². The number of fused-ring (bicyclic) bond motifs is 1. The van der Waals surface area contributed by atoms with Crippen LogP contribution in [0.3, 0.4) is 0 Å². The minimum Gasteiger partial charge on any atom is -0.337 e. The molecule has 5 aromatic rings. The van der Waals surface area contributed by atoms with Crippen LogP contribution in [0.4, 0.5) is 0 Å². The summed E-state index contributed by atoms with van der Waals surface area (Å²) < 4.78 is 28.8. The van der Waals surface area contributed by atoms with E-state index in [0.717, 1.165) is 11.1 Å². The molecule has 0 spiro atoms.